The van der Waals surface area contributed by atoms with E-state index in [9.17, 15) is 18.0 Å². The molecular weight excluding hydrogens is 530 g/mol. The molecule has 2 heterocycles. The number of anilines is 1. The van der Waals surface area contributed by atoms with Gasteiger partial charge in [0.15, 0.2) is 6.10 Å². The van der Waals surface area contributed by atoms with E-state index in [2.05, 4.69) is 5.32 Å². The van der Waals surface area contributed by atoms with Crippen LogP contribution in [0.3, 0.4) is 0 Å². The first-order valence-corrected chi connectivity index (χ1v) is 14.9. The second kappa shape index (κ2) is 12.1. The van der Waals surface area contributed by atoms with Crippen LogP contribution in [0, 0.1) is 0 Å². The molecule has 5 rings (SSSR count). The van der Waals surface area contributed by atoms with E-state index >= 15 is 0 Å². The highest BCUT2D eigenvalue weighted by molar-refractivity contribution is 7.89. The molecular formula is C30H33N3O6S. The Hall–Kier alpha value is -3.89. The summed E-state index contributed by atoms with van der Waals surface area (Å²) in [6.07, 6.45) is 2.31. The highest BCUT2D eigenvalue weighted by atomic mass is 32.2. The summed E-state index contributed by atoms with van der Waals surface area (Å²) in [6, 6.07) is 21.3. The summed E-state index contributed by atoms with van der Waals surface area (Å²) in [5.74, 6) is -0.179. The largest absolute Gasteiger partial charge is 0.495 e. The minimum absolute atomic E-state index is 0.0206. The molecule has 10 heteroatoms. The van der Waals surface area contributed by atoms with Crippen LogP contribution in [0.4, 0.5) is 5.69 Å². The van der Waals surface area contributed by atoms with Crippen LogP contribution in [-0.4, -0.2) is 63.9 Å². The number of fused-ring (bicyclic) bond motifs is 1. The molecule has 1 atom stereocenters. The summed E-state index contributed by atoms with van der Waals surface area (Å²) in [5.41, 5.74) is 1.79. The van der Waals surface area contributed by atoms with Crippen LogP contribution < -0.4 is 19.7 Å². The molecule has 0 aliphatic carbocycles. The second-order valence-corrected chi connectivity index (χ2v) is 11.8. The van der Waals surface area contributed by atoms with Crippen LogP contribution in [0.1, 0.15) is 35.2 Å². The van der Waals surface area contributed by atoms with Crippen LogP contribution in [0.15, 0.2) is 77.7 Å². The fourth-order valence-electron chi connectivity index (χ4n) is 5.06. The molecule has 0 aromatic heterocycles. The lowest BCUT2D eigenvalue weighted by Gasteiger charge is -2.34. The van der Waals surface area contributed by atoms with Crippen LogP contribution in [0.25, 0.3) is 0 Å². The van der Waals surface area contributed by atoms with Gasteiger partial charge < -0.3 is 19.7 Å². The molecule has 2 aliphatic heterocycles. The van der Waals surface area contributed by atoms with Crippen molar-refractivity contribution in [2.24, 2.45) is 0 Å². The van der Waals surface area contributed by atoms with Crippen molar-refractivity contribution >= 4 is 27.5 Å². The fourth-order valence-corrected chi connectivity index (χ4v) is 6.76. The van der Waals surface area contributed by atoms with Gasteiger partial charge in [0.1, 0.15) is 16.4 Å². The quantitative estimate of drug-likeness (QED) is 0.449. The Morgan fingerprint density at radius 2 is 1.70 bits per heavy atom. The number of ether oxygens (including phenoxy) is 2. The Morgan fingerprint density at radius 3 is 2.45 bits per heavy atom. The highest BCUT2D eigenvalue weighted by Gasteiger charge is 2.35. The van der Waals surface area contributed by atoms with Crippen LogP contribution in [0.2, 0.25) is 0 Å². The zero-order valence-corrected chi connectivity index (χ0v) is 23.2. The number of piperidine rings is 1. The van der Waals surface area contributed by atoms with Crippen molar-refractivity contribution in [2.75, 3.05) is 38.2 Å². The Labute approximate surface area is 234 Å². The summed E-state index contributed by atoms with van der Waals surface area (Å²) in [5, 5.41) is 2.91. The van der Waals surface area contributed by atoms with E-state index in [4.69, 9.17) is 9.47 Å². The first-order chi connectivity index (χ1) is 19.4. The standard InChI is InChI=1S/C30H33N3O6S/c1-38-26-15-14-23(20-28(26)40(36,37)32-18-8-3-9-19-32)30(35)33-21-27(39-25-13-7-6-12-24(25)33)29(34)31-17-16-22-10-4-2-5-11-22/h2,4-7,10-15,20,27H,3,8-9,16-19,21H2,1H3,(H,31,34)/t27-/m0/s1. The molecule has 1 saturated heterocycles. The molecule has 0 unspecified atom stereocenters. The van der Waals surface area contributed by atoms with Crippen molar-refractivity contribution in [3.63, 3.8) is 0 Å². The molecule has 3 aromatic carbocycles. The monoisotopic (exact) mass is 563 g/mol. The Bertz CT molecular complexity index is 1470. The number of para-hydroxylation sites is 2. The molecule has 1 N–H and O–H groups in total. The van der Waals surface area contributed by atoms with Crippen LogP contribution in [-0.2, 0) is 21.2 Å². The molecule has 1 fully saturated rings. The van der Waals surface area contributed by atoms with E-state index in [0.717, 1.165) is 24.8 Å². The van der Waals surface area contributed by atoms with Crippen LogP contribution in [0.5, 0.6) is 11.5 Å². The lowest BCUT2D eigenvalue weighted by molar-refractivity contribution is -0.127. The fraction of sp³-hybridized carbons (Fsp3) is 0.333. The summed E-state index contributed by atoms with van der Waals surface area (Å²) in [7, 11) is -2.45. The van der Waals surface area contributed by atoms with E-state index in [1.807, 2.05) is 30.3 Å². The van der Waals surface area contributed by atoms with Gasteiger partial charge in [-0.2, -0.15) is 4.31 Å². The maximum Gasteiger partial charge on any atom is 0.262 e. The minimum Gasteiger partial charge on any atom is -0.495 e. The Kier molecular flexibility index (Phi) is 8.37. The van der Waals surface area contributed by atoms with Gasteiger partial charge in [-0.3, -0.25) is 9.59 Å². The normalized spacial score (nSPS) is 17.4. The number of amides is 2. The number of rotatable bonds is 8. The maximum absolute atomic E-state index is 13.9. The SMILES string of the molecule is COc1ccc(C(=O)N2C[C@@H](C(=O)NCCc3ccccc3)Oc3ccccc32)cc1S(=O)(=O)N1CCCCC1. The first-order valence-electron chi connectivity index (χ1n) is 13.5. The number of carbonyl (C=O) groups is 2. The summed E-state index contributed by atoms with van der Waals surface area (Å²) >= 11 is 0. The number of benzene rings is 3. The smallest absolute Gasteiger partial charge is 0.262 e. The molecule has 9 nitrogen and oxygen atoms in total. The third-order valence-electron chi connectivity index (χ3n) is 7.21. The second-order valence-electron chi connectivity index (χ2n) is 9.85. The third-order valence-corrected chi connectivity index (χ3v) is 9.13. The van der Waals surface area contributed by atoms with Gasteiger partial charge in [-0.25, -0.2) is 8.42 Å². The number of nitrogens with one attached hydrogen (secondary N) is 1. The maximum atomic E-state index is 13.9. The zero-order chi connectivity index (χ0) is 28.1. The van der Waals surface area contributed by atoms with Crippen molar-refractivity contribution in [1.82, 2.24) is 9.62 Å². The van der Waals surface area contributed by atoms with Gasteiger partial charge in [0.25, 0.3) is 11.8 Å². The van der Waals surface area contributed by atoms with Gasteiger partial charge in [-0.05, 0) is 55.2 Å². The third kappa shape index (κ3) is 5.83. The molecule has 0 saturated carbocycles. The lowest BCUT2D eigenvalue weighted by atomic mass is 10.1. The summed E-state index contributed by atoms with van der Waals surface area (Å²) < 4.78 is 39.8. The highest BCUT2D eigenvalue weighted by Crippen LogP contribution is 2.35. The van der Waals surface area contributed by atoms with Gasteiger partial charge in [0, 0.05) is 25.2 Å². The van der Waals surface area contributed by atoms with Crippen molar-refractivity contribution in [2.45, 2.75) is 36.7 Å². The van der Waals surface area contributed by atoms with Crippen LogP contribution >= 0.6 is 0 Å². The Morgan fingerprint density at radius 1 is 0.975 bits per heavy atom. The molecule has 210 valence electrons. The number of hydrogen-bond donors (Lipinski definition) is 1. The molecule has 2 aliphatic rings. The number of nitrogens with zero attached hydrogens (tertiary/aromatic N) is 2. The molecule has 3 aromatic rings. The van der Waals surface area contributed by atoms with Crippen molar-refractivity contribution in [1.29, 1.82) is 0 Å². The zero-order valence-electron chi connectivity index (χ0n) is 22.4. The molecule has 2 amide bonds. The van der Waals surface area contributed by atoms with Gasteiger partial charge in [-0.1, -0.05) is 48.9 Å². The summed E-state index contributed by atoms with van der Waals surface area (Å²) in [6.45, 7) is 1.27. The van der Waals surface area contributed by atoms with Crippen molar-refractivity contribution in [3.05, 3.63) is 83.9 Å². The van der Waals surface area contributed by atoms with E-state index in [0.29, 0.717) is 37.5 Å². The molecule has 40 heavy (non-hydrogen) atoms. The topological polar surface area (TPSA) is 105 Å². The average molecular weight is 564 g/mol. The van der Waals surface area contributed by atoms with E-state index < -0.39 is 22.0 Å². The average Bonchev–Trinajstić information content (AvgIpc) is 3.00. The number of sulfonamides is 1. The van der Waals surface area contributed by atoms with E-state index in [1.54, 1.807) is 30.3 Å². The van der Waals surface area contributed by atoms with Crippen molar-refractivity contribution < 1.29 is 27.5 Å². The van der Waals surface area contributed by atoms with Gasteiger partial charge in [0.2, 0.25) is 10.0 Å². The molecule has 0 spiro atoms. The molecule has 0 radical (unpaired) electrons. The number of hydrogen-bond acceptors (Lipinski definition) is 6. The van der Waals surface area contributed by atoms with Gasteiger partial charge >= 0.3 is 0 Å². The number of methoxy groups -OCH3 is 1. The predicted molar refractivity (Wildman–Crippen MR) is 151 cm³/mol. The van der Waals surface area contributed by atoms with E-state index in [-0.39, 0.29) is 28.7 Å². The van der Waals surface area contributed by atoms with Gasteiger partial charge in [-0.15, -0.1) is 0 Å². The van der Waals surface area contributed by atoms with Crippen molar-refractivity contribution in [3.8, 4) is 11.5 Å². The van der Waals surface area contributed by atoms with Gasteiger partial charge in [0.05, 0.1) is 19.3 Å². The Balaban J connectivity index is 1.38. The lowest BCUT2D eigenvalue weighted by Crippen LogP contribution is -2.51. The number of carbonyl (C=O) groups excluding carboxylic acids is 2. The van der Waals surface area contributed by atoms with E-state index in [1.165, 1.54) is 28.4 Å². The predicted octanol–water partition coefficient (Wildman–Crippen LogP) is 3.64. The summed E-state index contributed by atoms with van der Waals surface area (Å²) in [4.78, 5) is 28.4. The minimum atomic E-state index is -3.86. The molecule has 0 bridgehead atoms. The first kappa shape index (κ1) is 27.7.